The molecule has 37 heavy (non-hydrogen) atoms. The SMILES string of the molecule is CN1CCN=C1c1cccc(Oc2nc3c(c(Oc4ccc(C(=N)N)c(C(=O)O)c4)n2)NC(=O)CO3)c1. The number of amides is 1. The number of nitrogen functional groups attached to an aromatic ring is 1. The van der Waals surface area contributed by atoms with E-state index in [1.165, 1.54) is 18.2 Å². The van der Waals surface area contributed by atoms with Crippen LogP contribution in [0.4, 0.5) is 5.69 Å². The minimum absolute atomic E-state index is 0.0227. The number of amidine groups is 2. The fourth-order valence-electron chi connectivity index (χ4n) is 3.80. The summed E-state index contributed by atoms with van der Waals surface area (Å²) in [6.45, 7) is 1.28. The van der Waals surface area contributed by atoms with Gasteiger partial charge in [0, 0.05) is 24.7 Å². The summed E-state index contributed by atoms with van der Waals surface area (Å²) in [5, 5.41) is 19.7. The molecule has 0 unspecified atom stereocenters. The molecule has 0 radical (unpaired) electrons. The lowest BCUT2D eigenvalue weighted by atomic mass is 10.1. The Labute approximate surface area is 210 Å². The van der Waals surface area contributed by atoms with Crippen LogP contribution in [0, 0.1) is 5.41 Å². The number of anilines is 1. The van der Waals surface area contributed by atoms with Crippen molar-refractivity contribution < 1.29 is 28.9 Å². The van der Waals surface area contributed by atoms with Crippen LogP contribution >= 0.6 is 0 Å². The van der Waals surface area contributed by atoms with Gasteiger partial charge >= 0.3 is 12.0 Å². The van der Waals surface area contributed by atoms with Gasteiger partial charge in [0.25, 0.3) is 11.8 Å². The number of aromatic carboxylic acids is 1. The number of nitrogens with one attached hydrogen (secondary N) is 2. The first-order valence-electron chi connectivity index (χ1n) is 11.1. The van der Waals surface area contributed by atoms with Crippen molar-refractivity contribution >= 4 is 29.2 Å². The van der Waals surface area contributed by atoms with Gasteiger partial charge in [0.15, 0.2) is 12.3 Å². The Morgan fingerprint density at radius 1 is 1.16 bits per heavy atom. The average Bonchev–Trinajstić information content (AvgIpc) is 3.30. The van der Waals surface area contributed by atoms with E-state index in [0.29, 0.717) is 12.3 Å². The van der Waals surface area contributed by atoms with E-state index in [1.54, 1.807) is 12.1 Å². The maximum Gasteiger partial charge on any atom is 0.336 e. The number of fused-ring (bicyclic) bond motifs is 1. The standard InChI is InChI=1S/C24H21N7O6/c1-31-8-7-27-20(31)12-3-2-4-13(9-12)37-24-29-21-18(28-17(32)11-35-21)22(30-24)36-14-5-6-15(19(25)26)16(10-14)23(33)34/h2-6,9-10H,7-8,11H2,1H3,(H3,25,26)(H,28,32)(H,33,34). The van der Waals surface area contributed by atoms with Crippen LogP contribution in [0.2, 0.25) is 0 Å². The molecule has 1 amide bonds. The van der Waals surface area contributed by atoms with Crippen LogP contribution in [0.15, 0.2) is 47.5 Å². The molecule has 0 saturated heterocycles. The molecule has 1 aromatic heterocycles. The Morgan fingerprint density at radius 2 is 1.97 bits per heavy atom. The Morgan fingerprint density at radius 3 is 2.70 bits per heavy atom. The minimum atomic E-state index is -1.29. The lowest BCUT2D eigenvalue weighted by Gasteiger charge is -2.20. The van der Waals surface area contributed by atoms with Crippen molar-refractivity contribution in [1.82, 2.24) is 14.9 Å². The summed E-state index contributed by atoms with van der Waals surface area (Å²) >= 11 is 0. The number of benzene rings is 2. The molecular formula is C24H21N7O6. The fourth-order valence-corrected chi connectivity index (χ4v) is 3.80. The van der Waals surface area contributed by atoms with Gasteiger partial charge in [0.2, 0.25) is 5.88 Å². The number of nitrogens with two attached hydrogens (primary N) is 1. The molecule has 0 fully saturated rings. The van der Waals surface area contributed by atoms with E-state index < -0.39 is 17.7 Å². The number of carbonyl (C=O) groups is 2. The van der Waals surface area contributed by atoms with E-state index in [1.807, 2.05) is 24.1 Å². The number of hydrogen-bond donors (Lipinski definition) is 4. The fraction of sp³-hybridized carbons (Fsp3) is 0.167. The van der Waals surface area contributed by atoms with Crippen molar-refractivity contribution in [3.05, 3.63) is 59.2 Å². The number of carbonyl (C=O) groups excluding carboxylic acids is 1. The third kappa shape index (κ3) is 4.82. The number of aromatic nitrogens is 2. The Bertz CT molecular complexity index is 1470. The van der Waals surface area contributed by atoms with Crippen molar-refractivity contribution in [2.24, 2.45) is 10.7 Å². The van der Waals surface area contributed by atoms with Crippen LogP contribution in [0.5, 0.6) is 29.3 Å². The zero-order chi connectivity index (χ0) is 26.1. The second-order valence-corrected chi connectivity index (χ2v) is 8.11. The van der Waals surface area contributed by atoms with Crippen LogP contribution < -0.4 is 25.3 Å². The van der Waals surface area contributed by atoms with Crippen molar-refractivity contribution in [2.45, 2.75) is 0 Å². The van der Waals surface area contributed by atoms with E-state index in [2.05, 4.69) is 20.3 Å². The number of ether oxygens (including phenoxy) is 3. The van der Waals surface area contributed by atoms with Gasteiger partial charge in [0.05, 0.1) is 12.1 Å². The van der Waals surface area contributed by atoms with Gasteiger partial charge in [-0.1, -0.05) is 12.1 Å². The summed E-state index contributed by atoms with van der Waals surface area (Å²) in [7, 11) is 1.96. The number of likely N-dealkylation sites (N-methyl/N-ethyl adjacent to an activating group) is 1. The second-order valence-electron chi connectivity index (χ2n) is 8.11. The zero-order valence-corrected chi connectivity index (χ0v) is 19.5. The molecule has 2 aromatic carbocycles. The minimum Gasteiger partial charge on any atom is -0.478 e. The molecule has 2 aliphatic rings. The molecule has 0 atom stereocenters. The van der Waals surface area contributed by atoms with Crippen LogP contribution in [0.1, 0.15) is 21.5 Å². The quantitative estimate of drug-likeness (QED) is 0.275. The average molecular weight is 503 g/mol. The Kier molecular flexibility index (Phi) is 6.01. The first-order valence-corrected chi connectivity index (χ1v) is 11.1. The Hall–Kier alpha value is -5.20. The van der Waals surface area contributed by atoms with Crippen LogP contribution in [-0.2, 0) is 4.79 Å². The Balaban J connectivity index is 1.49. The molecular weight excluding hydrogens is 482 g/mol. The monoisotopic (exact) mass is 503 g/mol. The van der Waals surface area contributed by atoms with Crippen molar-refractivity contribution in [1.29, 1.82) is 5.41 Å². The normalized spacial score (nSPS) is 14.2. The second kappa shape index (κ2) is 9.45. The molecule has 13 nitrogen and oxygen atoms in total. The van der Waals surface area contributed by atoms with E-state index in [4.69, 9.17) is 25.4 Å². The molecule has 0 aliphatic carbocycles. The number of carboxylic acid groups (broad SMARTS) is 1. The highest BCUT2D eigenvalue weighted by molar-refractivity contribution is 6.05. The third-order valence-electron chi connectivity index (χ3n) is 5.51. The van der Waals surface area contributed by atoms with E-state index in [-0.39, 0.29) is 46.9 Å². The van der Waals surface area contributed by atoms with Crippen molar-refractivity contribution in [3.63, 3.8) is 0 Å². The predicted molar refractivity (Wildman–Crippen MR) is 131 cm³/mol. The maximum absolute atomic E-state index is 12.0. The zero-order valence-electron chi connectivity index (χ0n) is 19.5. The van der Waals surface area contributed by atoms with Gasteiger partial charge in [-0.2, -0.15) is 9.97 Å². The summed E-state index contributed by atoms with van der Waals surface area (Å²) in [5.41, 5.74) is 6.20. The predicted octanol–water partition coefficient (Wildman–Crippen LogP) is 2.07. The van der Waals surface area contributed by atoms with Gasteiger partial charge in [-0.25, -0.2) is 4.79 Å². The lowest BCUT2D eigenvalue weighted by molar-refractivity contribution is -0.118. The number of rotatable bonds is 7. The third-order valence-corrected chi connectivity index (χ3v) is 5.51. The maximum atomic E-state index is 12.0. The summed E-state index contributed by atoms with van der Waals surface area (Å²) in [6, 6.07) is 11.1. The van der Waals surface area contributed by atoms with Gasteiger partial charge in [-0.05, 0) is 30.3 Å². The molecule has 3 aromatic rings. The van der Waals surface area contributed by atoms with Crippen molar-refractivity contribution in [3.8, 4) is 29.3 Å². The molecule has 0 spiro atoms. The summed E-state index contributed by atoms with van der Waals surface area (Å²) in [5.74, 6) is -0.902. The topological polar surface area (TPSA) is 185 Å². The summed E-state index contributed by atoms with van der Waals surface area (Å²) < 4.78 is 17.1. The number of hydrogen-bond acceptors (Lipinski definition) is 10. The van der Waals surface area contributed by atoms with E-state index in [9.17, 15) is 14.7 Å². The van der Waals surface area contributed by atoms with Crippen LogP contribution in [0.25, 0.3) is 0 Å². The lowest BCUT2D eigenvalue weighted by Crippen LogP contribution is -2.26. The van der Waals surface area contributed by atoms with Gasteiger partial charge < -0.3 is 35.3 Å². The summed E-state index contributed by atoms with van der Waals surface area (Å²) in [6.07, 6.45) is 0. The summed E-state index contributed by atoms with van der Waals surface area (Å²) in [4.78, 5) is 38.7. The first-order chi connectivity index (χ1) is 17.8. The van der Waals surface area contributed by atoms with E-state index in [0.717, 1.165) is 17.9 Å². The molecule has 2 aliphatic heterocycles. The van der Waals surface area contributed by atoms with Gasteiger partial charge in [-0.15, -0.1) is 0 Å². The van der Waals surface area contributed by atoms with Crippen molar-refractivity contribution in [2.75, 3.05) is 32.1 Å². The molecule has 3 heterocycles. The number of nitrogens with zero attached hydrogens (tertiary/aromatic N) is 4. The van der Waals surface area contributed by atoms with Crippen LogP contribution in [-0.4, -0.2) is 70.3 Å². The highest BCUT2D eigenvalue weighted by atomic mass is 16.5. The number of carboxylic acids is 1. The molecule has 13 heteroatoms. The highest BCUT2D eigenvalue weighted by Gasteiger charge is 2.26. The molecule has 5 rings (SSSR count). The number of aliphatic imine (C=N–C) groups is 1. The van der Waals surface area contributed by atoms with Gasteiger partial charge in [0.1, 0.15) is 23.2 Å². The molecule has 0 saturated carbocycles. The smallest absolute Gasteiger partial charge is 0.336 e. The molecule has 5 N–H and O–H groups in total. The molecule has 0 bridgehead atoms. The molecule has 188 valence electrons. The van der Waals surface area contributed by atoms with E-state index >= 15 is 0 Å². The first kappa shape index (κ1) is 23.5. The highest BCUT2D eigenvalue weighted by Crippen LogP contribution is 2.39. The van der Waals surface area contributed by atoms with Crippen LogP contribution in [0.3, 0.4) is 0 Å². The largest absolute Gasteiger partial charge is 0.478 e. The van der Waals surface area contributed by atoms with Gasteiger partial charge in [-0.3, -0.25) is 15.2 Å².